The zero-order valence-electron chi connectivity index (χ0n) is 13.3. The largest absolute Gasteiger partial charge is 0.486 e. The van der Waals surface area contributed by atoms with E-state index >= 15 is 0 Å². The van der Waals surface area contributed by atoms with E-state index in [2.05, 4.69) is 15.8 Å². The number of benzene rings is 2. The maximum atomic E-state index is 11.0. The summed E-state index contributed by atoms with van der Waals surface area (Å²) >= 11 is 11.2. The van der Waals surface area contributed by atoms with E-state index in [0.717, 1.165) is 0 Å². The molecule has 1 aliphatic heterocycles. The summed E-state index contributed by atoms with van der Waals surface area (Å²) in [6, 6.07) is 9.59. The summed E-state index contributed by atoms with van der Waals surface area (Å²) < 4.78 is 10.9. The molecule has 26 heavy (non-hydrogen) atoms. The monoisotopic (exact) mass is 392 g/mol. The number of hydrazone groups is 1. The lowest BCUT2D eigenvalue weighted by atomic mass is 10.2. The Hall–Kier alpha value is -2.91. The summed E-state index contributed by atoms with van der Waals surface area (Å²) in [4.78, 5) is 10.5. The van der Waals surface area contributed by atoms with Crippen molar-refractivity contribution in [1.29, 1.82) is 0 Å². The maximum absolute atomic E-state index is 11.0. The number of thiocarbonyl (C=S) groups is 1. The van der Waals surface area contributed by atoms with Crippen LogP contribution in [0.25, 0.3) is 0 Å². The highest BCUT2D eigenvalue weighted by Gasteiger charge is 2.16. The normalized spacial score (nSPS) is 12.7. The standard InChI is InChI=1S/C16H13ClN4O4S/c17-11-7-10(8-14-15(11)25-6-5-24-14)9-18-20-16(26)19-12-3-1-2-4-13(12)21(22)23/h1-4,7-9H,5-6H2,(H2,19,20,26)/b18-9-. The molecule has 0 unspecified atom stereocenters. The maximum Gasteiger partial charge on any atom is 0.292 e. The fourth-order valence-electron chi connectivity index (χ4n) is 2.26. The van der Waals surface area contributed by atoms with E-state index in [1.54, 1.807) is 30.3 Å². The molecule has 2 aromatic carbocycles. The lowest BCUT2D eigenvalue weighted by Gasteiger charge is -2.19. The van der Waals surface area contributed by atoms with Crippen LogP contribution in [-0.2, 0) is 0 Å². The fourth-order valence-corrected chi connectivity index (χ4v) is 2.70. The van der Waals surface area contributed by atoms with Crippen molar-refractivity contribution in [2.75, 3.05) is 18.5 Å². The van der Waals surface area contributed by atoms with Crippen LogP contribution in [-0.4, -0.2) is 29.5 Å². The van der Waals surface area contributed by atoms with Crippen molar-refractivity contribution in [3.63, 3.8) is 0 Å². The third kappa shape index (κ3) is 4.19. The highest BCUT2D eigenvalue weighted by atomic mass is 35.5. The molecule has 1 aliphatic rings. The van der Waals surface area contributed by atoms with E-state index in [1.165, 1.54) is 12.3 Å². The lowest BCUT2D eigenvalue weighted by Crippen LogP contribution is -2.24. The van der Waals surface area contributed by atoms with Crippen LogP contribution in [0.3, 0.4) is 0 Å². The van der Waals surface area contributed by atoms with Crippen molar-refractivity contribution in [3.05, 3.63) is 57.1 Å². The molecule has 0 bridgehead atoms. The Kier molecular flexibility index (Phi) is 5.49. The van der Waals surface area contributed by atoms with Crippen LogP contribution in [0.4, 0.5) is 11.4 Å². The molecule has 0 saturated heterocycles. The van der Waals surface area contributed by atoms with Gasteiger partial charge < -0.3 is 14.8 Å². The summed E-state index contributed by atoms with van der Waals surface area (Å²) in [6.45, 7) is 0.902. The van der Waals surface area contributed by atoms with Gasteiger partial charge in [-0.05, 0) is 36.0 Å². The van der Waals surface area contributed by atoms with Gasteiger partial charge in [0.2, 0.25) is 0 Å². The highest BCUT2D eigenvalue weighted by Crippen LogP contribution is 2.37. The summed E-state index contributed by atoms with van der Waals surface area (Å²) in [5.41, 5.74) is 3.46. The van der Waals surface area contributed by atoms with E-state index in [1.807, 2.05) is 0 Å². The van der Waals surface area contributed by atoms with E-state index in [9.17, 15) is 10.1 Å². The second-order valence-electron chi connectivity index (χ2n) is 5.13. The van der Waals surface area contributed by atoms with E-state index in [-0.39, 0.29) is 16.5 Å². The van der Waals surface area contributed by atoms with Crippen LogP contribution >= 0.6 is 23.8 Å². The van der Waals surface area contributed by atoms with E-state index in [4.69, 9.17) is 33.3 Å². The Balaban J connectivity index is 1.65. The van der Waals surface area contributed by atoms with Crippen LogP contribution in [0.2, 0.25) is 5.02 Å². The van der Waals surface area contributed by atoms with Gasteiger partial charge in [0.05, 0.1) is 16.2 Å². The molecule has 0 spiro atoms. The van der Waals surface area contributed by atoms with Crippen LogP contribution in [0.1, 0.15) is 5.56 Å². The second kappa shape index (κ2) is 7.98. The fraction of sp³-hybridized carbons (Fsp3) is 0.125. The molecule has 0 aromatic heterocycles. The first-order valence-electron chi connectivity index (χ1n) is 7.47. The van der Waals surface area contributed by atoms with E-state index < -0.39 is 4.92 Å². The lowest BCUT2D eigenvalue weighted by molar-refractivity contribution is -0.383. The number of nitrogens with zero attached hydrogens (tertiary/aromatic N) is 2. The topological polar surface area (TPSA) is 98.0 Å². The number of para-hydroxylation sites is 2. The van der Waals surface area contributed by atoms with Crippen molar-refractivity contribution in [2.24, 2.45) is 5.10 Å². The SMILES string of the molecule is O=[N+]([O-])c1ccccc1NC(=S)N/N=C\c1cc(Cl)c2c(c1)OCCO2. The van der Waals surface area contributed by atoms with Crippen molar-refractivity contribution in [3.8, 4) is 11.5 Å². The molecule has 0 amide bonds. The minimum Gasteiger partial charge on any atom is -0.486 e. The van der Waals surface area contributed by atoms with Gasteiger partial charge in [0, 0.05) is 6.07 Å². The Morgan fingerprint density at radius 3 is 2.88 bits per heavy atom. The quantitative estimate of drug-likeness (QED) is 0.356. The molecule has 2 N–H and O–H groups in total. The molecule has 0 atom stereocenters. The number of halogens is 1. The molecule has 0 aliphatic carbocycles. The number of nitro groups is 1. The molecule has 134 valence electrons. The zero-order chi connectivity index (χ0) is 18.5. The first-order valence-corrected chi connectivity index (χ1v) is 8.26. The van der Waals surface area contributed by atoms with E-state index in [0.29, 0.717) is 35.3 Å². The van der Waals surface area contributed by atoms with Gasteiger partial charge in [-0.1, -0.05) is 23.7 Å². The van der Waals surface area contributed by atoms with Gasteiger partial charge in [-0.2, -0.15) is 5.10 Å². The molecular weight excluding hydrogens is 380 g/mol. The Bertz CT molecular complexity index is 891. The van der Waals surface area contributed by atoms with Gasteiger partial charge >= 0.3 is 0 Å². The van der Waals surface area contributed by atoms with Crippen molar-refractivity contribution in [2.45, 2.75) is 0 Å². The van der Waals surface area contributed by atoms with Gasteiger partial charge in [-0.25, -0.2) is 0 Å². The van der Waals surface area contributed by atoms with Gasteiger partial charge in [0.1, 0.15) is 18.9 Å². The average molecular weight is 393 g/mol. The first-order chi connectivity index (χ1) is 12.5. The van der Waals surface area contributed by atoms with Crippen LogP contribution in [0, 0.1) is 10.1 Å². The molecule has 0 fully saturated rings. The number of nitro benzene ring substituents is 1. The summed E-state index contributed by atoms with van der Waals surface area (Å²) in [5, 5.41) is 18.3. The van der Waals surface area contributed by atoms with Crippen molar-refractivity contribution in [1.82, 2.24) is 5.43 Å². The van der Waals surface area contributed by atoms with Gasteiger partial charge in [-0.3, -0.25) is 15.5 Å². The number of nitrogens with one attached hydrogen (secondary N) is 2. The minimum atomic E-state index is -0.495. The Labute approximate surface area is 158 Å². The second-order valence-corrected chi connectivity index (χ2v) is 5.94. The Morgan fingerprint density at radius 1 is 1.31 bits per heavy atom. The molecule has 0 radical (unpaired) electrons. The summed E-state index contributed by atoms with van der Waals surface area (Å²) in [7, 11) is 0. The first kappa shape index (κ1) is 17.9. The van der Waals surface area contributed by atoms with Crippen LogP contribution < -0.4 is 20.2 Å². The smallest absolute Gasteiger partial charge is 0.292 e. The number of hydrogen-bond donors (Lipinski definition) is 2. The zero-order valence-corrected chi connectivity index (χ0v) is 14.8. The van der Waals surface area contributed by atoms with Gasteiger partial charge in [-0.15, -0.1) is 0 Å². The van der Waals surface area contributed by atoms with Crippen molar-refractivity contribution >= 4 is 46.5 Å². The number of fused-ring (bicyclic) bond motifs is 1. The summed E-state index contributed by atoms with van der Waals surface area (Å²) in [6.07, 6.45) is 1.50. The van der Waals surface area contributed by atoms with Gasteiger partial charge in [0.15, 0.2) is 16.6 Å². The molecule has 8 nitrogen and oxygen atoms in total. The molecular formula is C16H13ClN4O4S. The molecule has 1 heterocycles. The predicted molar refractivity (Wildman–Crippen MR) is 102 cm³/mol. The third-order valence-corrected chi connectivity index (χ3v) is 3.82. The highest BCUT2D eigenvalue weighted by molar-refractivity contribution is 7.80. The molecule has 3 rings (SSSR count). The van der Waals surface area contributed by atoms with Crippen LogP contribution in [0.15, 0.2) is 41.5 Å². The average Bonchev–Trinajstić information content (AvgIpc) is 2.62. The molecule has 10 heteroatoms. The Morgan fingerprint density at radius 2 is 2.08 bits per heavy atom. The number of hydrogen-bond acceptors (Lipinski definition) is 6. The minimum absolute atomic E-state index is 0.0840. The van der Waals surface area contributed by atoms with Crippen molar-refractivity contribution < 1.29 is 14.4 Å². The molecule has 0 saturated carbocycles. The molecule has 2 aromatic rings. The number of ether oxygens (including phenoxy) is 2. The third-order valence-electron chi connectivity index (χ3n) is 3.35. The van der Waals surface area contributed by atoms with Gasteiger partial charge in [0.25, 0.3) is 5.69 Å². The number of anilines is 1. The predicted octanol–water partition coefficient (Wildman–Crippen LogP) is 3.34. The summed E-state index contributed by atoms with van der Waals surface area (Å²) in [5.74, 6) is 1.06. The number of rotatable bonds is 4. The van der Waals surface area contributed by atoms with Crippen LogP contribution in [0.5, 0.6) is 11.5 Å².